The molecule has 98 valence electrons. The highest BCUT2D eigenvalue weighted by molar-refractivity contribution is 7.98. The second-order valence-corrected chi connectivity index (χ2v) is 5.15. The third kappa shape index (κ3) is 1.86. The fourth-order valence-electron chi connectivity index (χ4n) is 2.20. The number of nitrogens with zero attached hydrogens (tertiary/aromatic N) is 4. The number of fused-ring (bicyclic) bond motifs is 1. The van der Waals surface area contributed by atoms with Gasteiger partial charge < -0.3 is 0 Å². The Hall–Kier alpha value is -2.32. The van der Waals surface area contributed by atoms with Crippen LogP contribution in [0.3, 0.4) is 0 Å². The maximum Gasteiger partial charge on any atom is 0.159 e. The third-order valence-corrected chi connectivity index (χ3v) is 3.81. The van der Waals surface area contributed by atoms with Crippen molar-refractivity contribution < 1.29 is 0 Å². The fourth-order valence-corrected chi connectivity index (χ4v) is 2.72. The molecule has 20 heavy (non-hydrogen) atoms. The SMILES string of the molecule is CSc1nc(-c2ccccc2)n2c(C)cnc2c1C#N. The molecule has 2 aromatic heterocycles. The molecule has 5 heteroatoms. The van der Waals surface area contributed by atoms with Crippen LogP contribution in [0.4, 0.5) is 0 Å². The number of rotatable bonds is 2. The van der Waals surface area contributed by atoms with Gasteiger partial charge in [-0.15, -0.1) is 11.8 Å². The van der Waals surface area contributed by atoms with Crippen molar-refractivity contribution in [2.75, 3.05) is 6.26 Å². The molecule has 0 aliphatic heterocycles. The Labute approximate surface area is 121 Å². The Morgan fingerprint density at radius 3 is 2.65 bits per heavy atom. The maximum atomic E-state index is 9.36. The van der Waals surface area contributed by atoms with Crippen LogP contribution in [0.2, 0.25) is 0 Å². The minimum atomic E-state index is 0.533. The zero-order valence-electron chi connectivity index (χ0n) is 11.2. The van der Waals surface area contributed by atoms with E-state index >= 15 is 0 Å². The molecule has 0 unspecified atom stereocenters. The Bertz CT molecular complexity index is 815. The van der Waals surface area contributed by atoms with Gasteiger partial charge in [-0.25, -0.2) is 9.97 Å². The van der Waals surface area contributed by atoms with Crippen LogP contribution < -0.4 is 0 Å². The first-order valence-corrected chi connectivity index (χ1v) is 7.36. The number of benzene rings is 1. The predicted octanol–water partition coefficient (Wildman–Crippen LogP) is 3.30. The van der Waals surface area contributed by atoms with Crippen molar-refractivity contribution in [3.05, 3.63) is 47.8 Å². The lowest BCUT2D eigenvalue weighted by molar-refractivity contribution is 0.983. The number of aromatic nitrogens is 3. The largest absolute Gasteiger partial charge is 0.280 e. The van der Waals surface area contributed by atoms with Crippen LogP contribution in [-0.2, 0) is 0 Å². The average Bonchev–Trinajstić information content (AvgIpc) is 2.88. The van der Waals surface area contributed by atoms with Gasteiger partial charge in [-0.3, -0.25) is 4.40 Å². The lowest BCUT2D eigenvalue weighted by Crippen LogP contribution is -2.02. The van der Waals surface area contributed by atoms with Gasteiger partial charge in [-0.1, -0.05) is 30.3 Å². The molecule has 0 bridgehead atoms. The molecule has 0 amide bonds. The second-order valence-electron chi connectivity index (χ2n) is 4.36. The first kappa shape index (κ1) is 12.7. The standard InChI is InChI=1S/C15H12N4S/c1-10-9-17-14-12(8-16)15(20-2)18-13(19(10)14)11-6-4-3-5-7-11/h3-7,9H,1-2H3. The number of nitriles is 1. The van der Waals surface area contributed by atoms with Crippen molar-refractivity contribution >= 4 is 17.4 Å². The Balaban J connectivity index is 2.44. The molecule has 3 aromatic rings. The molecule has 4 nitrogen and oxygen atoms in total. The zero-order valence-corrected chi connectivity index (χ0v) is 12.0. The minimum absolute atomic E-state index is 0.533. The molecular formula is C15H12N4S. The van der Waals surface area contributed by atoms with E-state index in [4.69, 9.17) is 0 Å². The molecule has 0 saturated heterocycles. The first-order valence-electron chi connectivity index (χ1n) is 6.14. The van der Waals surface area contributed by atoms with E-state index in [-0.39, 0.29) is 0 Å². The van der Waals surface area contributed by atoms with Crippen molar-refractivity contribution in [2.45, 2.75) is 11.9 Å². The molecule has 0 atom stereocenters. The van der Waals surface area contributed by atoms with Gasteiger partial charge in [0.05, 0.1) is 0 Å². The molecule has 3 rings (SSSR count). The zero-order chi connectivity index (χ0) is 14.1. The molecule has 0 radical (unpaired) electrons. The van der Waals surface area contributed by atoms with E-state index in [1.165, 1.54) is 11.8 Å². The normalized spacial score (nSPS) is 10.7. The van der Waals surface area contributed by atoms with Crippen molar-refractivity contribution in [3.63, 3.8) is 0 Å². The van der Waals surface area contributed by atoms with Crippen LogP contribution in [0.1, 0.15) is 11.3 Å². The lowest BCUT2D eigenvalue weighted by atomic mass is 10.2. The van der Waals surface area contributed by atoms with E-state index in [9.17, 15) is 5.26 Å². The van der Waals surface area contributed by atoms with Crippen LogP contribution in [0.5, 0.6) is 0 Å². The molecule has 2 heterocycles. The lowest BCUT2D eigenvalue weighted by Gasteiger charge is -2.10. The van der Waals surface area contributed by atoms with E-state index in [1.807, 2.05) is 47.9 Å². The number of hydrogen-bond donors (Lipinski definition) is 0. The van der Waals surface area contributed by atoms with Gasteiger partial charge in [0.2, 0.25) is 0 Å². The van der Waals surface area contributed by atoms with Crippen molar-refractivity contribution in [1.82, 2.24) is 14.4 Å². The summed E-state index contributed by atoms with van der Waals surface area (Å²) in [6.07, 6.45) is 3.69. The Morgan fingerprint density at radius 2 is 2.00 bits per heavy atom. The molecular weight excluding hydrogens is 268 g/mol. The van der Waals surface area contributed by atoms with Crippen LogP contribution in [0, 0.1) is 18.3 Å². The van der Waals surface area contributed by atoms with Gasteiger partial charge in [-0.2, -0.15) is 5.26 Å². The van der Waals surface area contributed by atoms with Gasteiger partial charge in [0.1, 0.15) is 22.5 Å². The van der Waals surface area contributed by atoms with Gasteiger partial charge in [0.15, 0.2) is 5.65 Å². The summed E-state index contributed by atoms with van der Waals surface area (Å²) in [5.41, 5.74) is 3.18. The molecule has 0 fully saturated rings. The quantitative estimate of drug-likeness (QED) is 0.534. The summed E-state index contributed by atoms with van der Waals surface area (Å²) in [7, 11) is 0. The summed E-state index contributed by atoms with van der Waals surface area (Å²) >= 11 is 1.47. The van der Waals surface area contributed by atoms with E-state index in [1.54, 1.807) is 6.20 Å². The fraction of sp³-hybridized carbons (Fsp3) is 0.133. The molecule has 0 aliphatic carbocycles. The van der Waals surface area contributed by atoms with Gasteiger partial charge in [-0.05, 0) is 13.2 Å². The van der Waals surface area contributed by atoms with E-state index < -0.39 is 0 Å². The molecule has 0 spiro atoms. The van der Waals surface area contributed by atoms with Crippen LogP contribution in [0.15, 0.2) is 41.6 Å². The number of hydrogen-bond acceptors (Lipinski definition) is 4. The highest BCUT2D eigenvalue weighted by Crippen LogP contribution is 2.28. The Morgan fingerprint density at radius 1 is 1.25 bits per heavy atom. The first-order chi connectivity index (χ1) is 9.76. The van der Waals surface area contributed by atoms with Crippen molar-refractivity contribution in [2.24, 2.45) is 0 Å². The monoisotopic (exact) mass is 280 g/mol. The average molecular weight is 280 g/mol. The highest BCUT2D eigenvalue weighted by Gasteiger charge is 2.17. The number of imidazole rings is 1. The Kier molecular flexibility index (Phi) is 3.17. The van der Waals surface area contributed by atoms with E-state index in [0.29, 0.717) is 16.2 Å². The number of thioether (sulfide) groups is 1. The van der Waals surface area contributed by atoms with Crippen LogP contribution in [-0.4, -0.2) is 20.6 Å². The number of aryl methyl sites for hydroxylation is 1. The second kappa shape index (κ2) is 4.99. The van der Waals surface area contributed by atoms with Crippen LogP contribution in [0.25, 0.3) is 17.0 Å². The van der Waals surface area contributed by atoms with Crippen molar-refractivity contribution in [1.29, 1.82) is 5.26 Å². The summed E-state index contributed by atoms with van der Waals surface area (Å²) in [5, 5.41) is 10.1. The smallest absolute Gasteiger partial charge is 0.159 e. The third-order valence-electron chi connectivity index (χ3n) is 3.13. The summed E-state index contributed by atoms with van der Waals surface area (Å²) in [6.45, 7) is 1.97. The highest BCUT2D eigenvalue weighted by atomic mass is 32.2. The van der Waals surface area contributed by atoms with Gasteiger partial charge >= 0.3 is 0 Å². The topological polar surface area (TPSA) is 54.0 Å². The van der Waals surface area contributed by atoms with Crippen molar-refractivity contribution in [3.8, 4) is 17.5 Å². The van der Waals surface area contributed by atoms with E-state index in [0.717, 1.165) is 17.1 Å². The maximum absolute atomic E-state index is 9.36. The molecule has 1 aromatic carbocycles. The summed E-state index contributed by atoms with van der Waals surface area (Å²) in [4.78, 5) is 9.03. The van der Waals surface area contributed by atoms with Crippen LogP contribution >= 0.6 is 11.8 Å². The molecule has 0 aliphatic rings. The van der Waals surface area contributed by atoms with Gasteiger partial charge in [0.25, 0.3) is 0 Å². The summed E-state index contributed by atoms with van der Waals surface area (Å²) < 4.78 is 1.94. The molecule has 0 N–H and O–H groups in total. The van der Waals surface area contributed by atoms with E-state index in [2.05, 4.69) is 16.0 Å². The predicted molar refractivity (Wildman–Crippen MR) is 79.7 cm³/mol. The molecule has 0 saturated carbocycles. The minimum Gasteiger partial charge on any atom is -0.280 e. The summed E-state index contributed by atoms with van der Waals surface area (Å²) in [5.74, 6) is 0.818. The summed E-state index contributed by atoms with van der Waals surface area (Å²) in [6, 6.07) is 12.2. The van der Waals surface area contributed by atoms with Gasteiger partial charge in [0, 0.05) is 17.5 Å².